The second kappa shape index (κ2) is 9.71. The molecular formula is C24H26F2N4O3S2. The topological polar surface area (TPSA) is 84.4 Å². The lowest BCUT2D eigenvalue weighted by Crippen LogP contribution is -2.30. The Morgan fingerprint density at radius 3 is 2.74 bits per heavy atom. The number of rotatable bonds is 6. The fourth-order valence-electron chi connectivity index (χ4n) is 4.62. The highest BCUT2D eigenvalue weighted by molar-refractivity contribution is 7.17. The monoisotopic (exact) mass is 520 g/mol. The van der Waals surface area contributed by atoms with Crippen LogP contribution in [0, 0.1) is 0 Å². The van der Waals surface area contributed by atoms with E-state index in [1.165, 1.54) is 10.4 Å². The van der Waals surface area contributed by atoms with Crippen LogP contribution in [0.2, 0.25) is 0 Å². The van der Waals surface area contributed by atoms with E-state index in [4.69, 9.17) is 4.74 Å². The van der Waals surface area contributed by atoms with Crippen molar-refractivity contribution in [1.29, 1.82) is 0 Å². The molecule has 11 heteroatoms. The van der Waals surface area contributed by atoms with E-state index in [-0.39, 0.29) is 30.0 Å². The van der Waals surface area contributed by atoms with Crippen molar-refractivity contribution >= 4 is 39.7 Å². The zero-order valence-electron chi connectivity index (χ0n) is 19.2. The number of aromatic nitrogens is 1. The number of thiophene rings is 2. The Balaban J connectivity index is 1.37. The molecular weight excluding hydrogens is 494 g/mol. The van der Waals surface area contributed by atoms with Crippen molar-refractivity contribution in [3.63, 3.8) is 0 Å². The number of halogens is 2. The van der Waals surface area contributed by atoms with E-state index in [0.29, 0.717) is 17.0 Å². The molecule has 0 atom stereocenters. The van der Waals surface area contributed by atoms with Crippen LogP contribution in [0.15, 0.2) is 24.5 Å². The zero-order valence-corrected chi connectivity index (χ0v) is 20.8. The van der Waals surface area contributed by atoms with Crippen LogP contribution in [0.5, 0.6) is 0 Å². The maximum Gasteiger partial charge on any atom is 0.341 e. The van der Waals surface area contributed by atoms with E-state index >= 15 is 0 Å². The number of anilines is 1. The van der Waals surface area contributed by atoms with Gasteiger partial charge in [0, 0.05) is 53.6 Å². The molecule has 7 nitrogen and oxygen atoms in total. The van der Waals surface area contributed by atoms with Crippen LogP contribution < -0.4 is 16.0 Å². The number of nitrogens with zero attached hydrogens (tertiary/aromatic N) is 1. The first kappa shape index (κ1) is 24.0. The Bertz CT molecular complexity index is 1250. The average molecular weight is 521 g/mol. The minimum absolute atomic E-state index is 0.0750. The number of amides is 2. The maximum atomic E-state index is 14.0. The predicted molar refractivity (Wildman–Crippen MR) is 132 cm³/mol. The number of hydrogen-bond acceptors (Lipinski definition) is 6. The molecule has 0 fully saturated rings. The smallest absolute Gasteiger partial charge is 0.341 e. The first-order valence-electron chi connectivity index (χ1n) is 11.6. The Hall–Kier alpha value is -2.76. The summed E-state index contributed by atoms with van der Waals surface area (Å²) in [6.07, 6.45) is 4.15. The van der Waals surface area contributed by atoms with Crippen molar-refractivity contribution in [1.82, 2.24) is 15.2 Å². The molecule has 0 radical (unpaired) electrons. The summed E-state index contributed by atoms with van der Waals surface area (Å²) in [6, 6.07) is 3.42. The van der Waals surface area contributed by atoms with Gasteiger partial charge in [0.2, 0.25) is 0 Å². The van der Waals surface area contributed by atoms with Crippen LogP contribution in [0.4, 0.5) is 18.6 Å². The summed E-state index contributed by atoms with van der Waals surface area (Å²) in [5.74, 6) is -3.41. The van der Waals surface area contributed by atoms with Crippen molar-refractivity contribution < 1.29 is 23.1 Å². The second-order valence-electron chi connectivity index (χ2n) is 8.57. The molecule has 0 bridgehead atoms. The van der Waals surface area contributed by atoms with Crippen LogP contribution in [0.25, 0.3) is 5.00 Å². The lowest BCUT2D eigenvalue weighted by atomic mass is 9.93. The molecule has 35 heavy (non-hydrogen) atoms. The van der Waals surface area contributed by atoms with E-state index in [9.17, 15) is 18.4 Å². The van der Waals surface area contributed by atoms with Gasteiger partial charge >= 0.3 is 12.0 Å². The van der Waals surface area contributed by atoms with Gasteiger partial charge in [0.25, 0.3) is 5.92 Å². The first-order valence-corrected chi connectivity index (χ1v) is 13.2. The van der Waals surface area contributed by atoms with Crippen molar-refractivity contribution in [3.8, 4) is 5.00 Å². The summed E-state index contributed by atoms with van der Waals surface area (Å²) in [4.78, 5) is 27.2. The number of hydrogen-bond donors (Lipinski definition) is 3. The molecule has 4 heterocycles. The first-order chi connectivity index (χ1) is 16.9. The molecule has 2 amide bonds. The molecule has 3 N–H and O–H groups in total. The van der Waals surface area contributed by atoms with E-state index in [0.717, 1.165) is 41.4 Å². The third-order valence-electron chi connectivity index (χ3n) is 6.24. The lowest BCUT2D eigenvalue weighted by Gasteiger charge is -2.21. The fourth-order valence-corrected chi connectivity index (χ4v) is 7.23. The van der Waals surface area contributed by atoms with Gasteiger partial charge in [-0.3, -0.25) is 5.32 Å². The number of carbonyl (C=O) groups excluding carboxylic acids is 2. The molecule has 0 aromatic carbocycles. The maximum absolute atomic E-state index is 14.0. The van der Waals surface area contributed by atoms with Crippen LogP contribution in [-0.4, -0.2) is 35.6 Å². The van der Waals surface area contributed by atoms with Crippen molar-refractivity contribution in [2.24, 2.45) is 0 Å². The highest BCUT2D eigenvalue weighted by Gasteiger charge is 2.39. The number of nitrogens with one attached hydrogen (secondary N) is 3. The van der Waals surface area contributed by atoms with Crippen LogP contribution in [-0.2, 0) is 37.1 Å². The quantitative estimate of drug-likeness (QED) is 0.405. The highest BCUT2D eigenvalue weighted by atomic mass is 32.1. The van der Waals surface area contributed by atoms with Gasteiger partial charge in [0.05, 0.1) is 12.2 Å². The molecule has 3 aromatic heterocycles. The van der Waals surface area contributed by atoms with E-state index < -0.39 is 24.3 Å². The van der Waals surface area contributed by atoms with Crippen LogP contribution in [0.1, 0.15) is 50.1 Å². The van der Waals surface area contributed by atoms with Gasteiger partial charge in [-0.1, -0.05) is 0 Å². The molecule has 0 spiro atoms. The Morgan fingerprint density at radius 2 is 1.97 bits per heavy atom. The van der Waals surface area contributed by atoms with E-state index in [2.05, 4.69) is 16.0 Å². The molecule has 5 rings (SSSR count). The zero-order chi connectivity index (χ0) is 24.6. The summed E-state index contributed by atoms with van der Waals surface area (Å²) in [6.45, 7) is 3.83. The standard InChI is InChI=1S/C24H26F2N4O3S2/c1-2-33-22(31)19-15-5-7-24(25,26)11-17(15)34-20(19)29-23(32)28-12-16-14-6-8-27-13-18(14)35-21(16)30-9-3-4-10-30/h3-4,9-10,27H,2,5-8,11-13H2,1H3,(H2,28,29,32). The van der Waals surface area contributed by atoms with Gasteiger partial charge in [-0.25, -0.2) is 18.4 Å². The minimum atomic E-state index is -2.81. The molecule has 1 aliphatic heterocycles. The summed E-state index contributed by atoms with van der Waals surface area (Å²) >= 11 is 2.73. The predicted octanol–water partition coefficient (Wildman–Crippen LogP) is 4.87. The van der Waals surface area contributed by atoms with Crippen molar-refractivity contribution in [2.45, 2.75) is 51.6 Å². The Labute approximate surface area is 209 Å². The van der Waals surface area contributed by atoms with Crippen LogP contribution >= 0.6 is 22.7 Å². The van der Waals surface area contributed by atoms with Gasteiger partial charge in [0.1, 0.15) is 10.0 Å². The summed E-state index contributed by atoms with van der Waals surface area (Å²) < 4.78 is 35.2. The Kier molecular flexibility index (Phi) is 6.65. The van der Waals surface area contributed by atoms with Crippen LogP contribution in [0.3, 0.4) is 0 Å². The summed E-state index contributed by atoms with van der Waals surface area (Å²) in [7, 11) is 0. The molecule has 186 valence electrons. The highest BCUT2D eigenvalue weighted by Crippen LogP contribution is 2.43. The fraction of sp³-hybridized carbons (Fsp3) is 0.417. The van der Waals surface area contributed by atoms with Gasteiger partial charge in [0.15, 0.2) is 0 Å². The average Bonchev–Trinajstić information content (AvgIpc) is 3.54. The normalized spacial score (nSPS) is 16.3. The van der Waals surface area contributed by atoms with Gasteiger partial charge in [-0.2, -0.15) is 0 Å². The molecule has 2 aliphatic rings. The number of alkyl halides is 2. The second-order valence-corrected chi connectivity index (χ2v) is 10.8. The molecule has 0 saturated carbocycles. The molecule has 1 aliphatic carbocycles. The number of urea groups is 1. The SMILES string of the molecule is CCOC(=O)c1c(NC(=O)NCc2c(-n3cccc3)sc3c2CCNC3)sc2c1CCC(F)(F)C2. The van der Waals surface area contributed by atoms with Gasteiger partial charge in [-0.05, 0) is 49.6 Å². The third kappa shape index (κ3) is 4.85. The number of esters is 1. The Morgan fingerprint density at radius 1 is 1.17 bits per heavy atom. The largest absolute Gasteiger partial charge is 0.462 e. The molecule has 0 saturated heterocycles. The van der Waals surface area contributed by atoms with E-state index in [1.54, 1.807) is 18.3 Å². The molecule has 0 unspecified atom stereocenters. The summed E-state index contributed by atoms with van der Waals surface area (Å²) in [5.41, 5.74) is 3.07. The van der Waals surface area contributed by atoms with Gasteiger partial charge < -0.3 is 19.9 Å². The van der Waals surface area contributed by atoms with Crippen molar-refractivity contribution in [2.75, 3.05) is 18.5 Å². The van der Waals surface area contributed by atoms with Crippen molar-refractivity contribution in [3.05, 3.63) is 56.5 Å². The third-order valence-corrected chi connectivity index (χ3v) is 8.67. The number of ether oxygens (including phenoxy) is 1. The lowest BCUT2D eigenvalue weighted by molar-refractivity contribution is -0.0114. The number of fused-ring (bicyclic) bond motifs is 2. The molecule has 3 aromatic rings. The van der Waals surface area contributed by atoms with E-state index in [1.807, 2.05) is 29.1 Å². The van der Waals surface area contributed by atoms with Gasteiger partial charge in [-0.15, -0.1) is 22.7 Å². The number of carbonyl (C=O) groups is 2. The minimum Gasteiger partial charge on any atom is -0.462 e. The summed E-state index contributed by atoms with van der Waals surface area (Å²) in [5, 5.41) is 10.4.